The van der Waals surface area contributed by atoms with Gasteiger partial charge in [0.2, 0.25) is 0 Å². The molecule has 0 spiro atoms. The lowest BCUT2D eigenvalue weighted by atomic mass is 10.2. The first-order valence-electron chi connectivity index (χ1n) is 9.36. The second kappa shape index (κ2) is 11.3. The topological polar surface area (TPSA) is 75.2 Å². The van der Waals surface area contributed by atoms with Gasteiger partial charge in [0.15, 0.2) is 5.96 Å². The summed E-state index contributed by atoms with van der Waals surface area (Å²) in [6.07, 6.45) is 2.83. The molecule has 1 aromatic carbocycles. The van der Waals surface area contributed by atoms with E-state index < -0.39 is 6.61 Å². The van der Waals surface area contributed by atoms with Gasteiger partial charge in [0.25, 0.3) is 0 Å². The zero-order chi connectivity index (χ0) is 20.4. The van der Waals surface area contributed by atoms with Gasteiger partial charge in [0.1, 0.15) is 5.75 Å². The zero-order valence-corrected chi connectivity index (χ0v) is 16.3. The van der Waals surface area contributed by atoms with Gasteiger partial charge in [-0.05, 0) is 31.4 Å². The molecule has 1 saturated heterocycles. The van der Waals surface area contributed by atoms with E-state index in [1.165, 1.54) is 7.11 Å². The van der Waals surface area contributed by atoms with Gasteiger partial charge in [-0.25, -0.2) is 0 Å². The fraction of sp³-hybridized carbons (Fsp3) is 0.579. The number of methoxy groups -OCH3 is 1. The monoisotopic (exact) mass is 398 g/mol. The molecule has 0 bridgehead atoms. The maximum absolute atomic E-state index is 12.6. The Balaban J connectivity index is 1.79. The van der Waals surface area contributed by atoms with E-state index in [4.69, 9.17) is 0 Å². The molecule has 9 heteroatoms. The van der Waals surface area contributed by atoms with Crippen molar-refractivity contribution in [1.29, 1.82) is 0 Å². The third kappa shape index (κ3) is 6.86. The molecular weight excluding hydrogens is 370 g/mol. The van der Waals surface area contributed by atoms with Crippen LogP contribution in [0.15, 0.2) is 29.3 Å². The fourth-order valence-corrected chi connectivity index (χ4v) is 3.10. The third-order valence-electron chi connectivity index (χ3n) is 4.50. The summed E-state index contributed by atoms with van der Waals surface area (Å²) in [5.41, 5.74) is 0.665. The Labute approximate surface area is 164 Å². The number of ether oxygens (including phenoxy) is 2. The van der Waals surface area contributed by atoms with Crippen LogP contribution in [0.25, 0.3) is 0 Å². The summed E-state index contributed by atoms with van der Waals surface area (Å²) in [6, 6.07) is 6.97. The van der Waals surface area contributed by atoms with E-state index in [-0.39, 0.29) is 17.8 Å². The number of benzene rings is 1. The Morgan fingerprint density at radius 1 is 1.36 bits per heavy atom. The predicted octanol–water partition coefficient (Wildman–Crippen LogP) is 2.38. The number of nitrogens with zero attached hydrogens (tertiary/aromatic N) is 2. The molecule has 28 heavy (non-hydrogen) atoms. The molecule has 0 aliphatic carbocycles. The molecule has 1 heterocycles. The Bertz CT molecular complexity index is 658. The fourth-order valence-electron chi connectivity index (χ4n) is 3.10. The molecule has 1 unspecified atom stereocenters. The molecule has 7 nitrogen and oxygen atoms in total. The number of guanidine groups is 1. The SMILES string of the molecule is CN=C(NCCCCC(=O)OC)NC1CCN(c2ccccc2OC(F)F)C1. The average molecular weight is 398 g/mol. The number of para-hydroxylation sites is 2. The third-order valence-corrected chi connectivity index (χ3v) is 4.50. The Morgan fingerprint density at radius 3 is 2.86 bits per heavy atom. The molecule has 156 valence electrons. The number of rotatable bonds is 9. The number of carbonyl (C=O) groups is 1. The van der Waals surface area contributed by atoms with Crippen LogP contribution >= 0.6 is 0 Å². The Morgan fingerprint density at radius 2 is 2.14 bits per heavy atom. The average Bonchev–Trinajstić information content (AvgIpc) is 3.14. The van der Waals surface area contributed by atoms with E-state index in [1.54, 1.807) is 25.2 Å². The molecule has 0 amide bonds. The summed E-state index contributed by atoms with van der Waals surface area (Å²) < 4.78 is 34.5. The highest BCUT2D eigenvalue weighted by Crippen LogP contribution is 2.31. The molecular formula is C19H28F2N4O3. The lowest BCUT2D eigenvalue weighted by Gasteiger charge is -2.22. The van der Waals surface area contributed by atoms with Crippen LogP contribution in [-0.2, 0) is 9.53 Å². The normalized spacial score (nSPS) is 17.0. The number of carbonyl (C=O) groups excluding carboxylic acids is 1. The van der Waals surface area contributed by atoms with Gasteiger partial charge < -0.3 is 25.0 Å². The van der Waals surface area contributed by atoms with Gasteiger partial charge in [-0.15, -0.1) is 0 Å². The van der Waals surface area contributed by atoms with Crippen LogP contribution in [0.1, 0.15) is 25.7 Å². The lowest BCUT2D eigenvalue weighted by molar-refractivity contribution is -0.140. The minimum absolute atomic E-state index is 0.140. The Hall–Kier alpha value is -2.58. The van der Waals surface area contributed by atoms with Crippen molar-refractivity contribution in [3.63, 3.8) is 0 Å². The van der Waals surface area contributed by atoms with Gasteiger partial charge in [-0.2, -0.15) is 8.78 Å². The van der Waals surface area contributed by atoms with Gasteiger partial charge in [-0.1, -0.05) is 12.1 Å². The van der Waals surface area contributed by atoms with Crippen LogP contribution in [0.3, 0.4) is 0 Å². The summed E-state index contributed by atoms with van der Waals surface area (Å²) in [5.74, 6) is 0.665. The van der Waals surface area contributed by atoms with Gasteiger partial charge in [0, 0.05) is 39.1 Å². The van der Waals surface area contributed by atoms with Crippen LogP contribution < -0.4 is 20.3 Å². The van der Waals surface area contributed by atoms with E-state index in [0.29, 0.717) is 31.2 Å². The first-order chi connectivity index (χ1) is 13.5. The summed E-state index contributed by atoms with van der Waals surface area (Å²) >= 11 is 0. The van der Waals surface area contributed by atoms with Crippen molar-refractivity contribution in [3.05, 3.63) is 24.3 Å². The summed E-state index contributed by atoms with van der Waals surface area (Å²) in [7, 11) is 3.08. The highest BCUT2D eigenvalue weighted by Gasteiger charge is 2.25. The predicted molar refractivity (Wildman–Crippen MR) is 104 cm³/mol. The molecule has 1 atom stereocenters. The van der Waals surface area contributed by atoms with Gasteiger partial charge in [-0.3, -0.25) is 9.79 Å². The maximum atomic E-state index is 12.6. The van der Waals surface area contributed by atoms with E-state index >= 15 is 0 Å². The number of alkyl halides is 2. The molecule has 1 fully saturated rings. The van der Waals surface area contributed by atoms with Crippen molar-refractivity contribution in [2.24, 2.45) is 4.99 Å². The van der Waals surface area contributed by atoms with Crippen molar-refractivity contribution in [2.45, 2.75) is 38.3 Å². The van der Waals surface area contributed by atoms with Gasteiger partial charge in [0.05, 0.1) is 12.8 Å². The van der Waals surface area contributed by atoms with Crippen LogP contribution in [0.4, 0.5) is 14.5 Å². The molecule has 2 rings (SSSR count). The maximum Gasteiger partial charge on any atom is 0.387 e. The highest BCUT2D eigenvalue weighted by atomic mass is 19.3. The molecule has 2 N–H and O–H groups in total. The number of hydrogen-bond donors (Lipinski definition) is 2. The number of anilines is 1. The second-order valence-electron chi connectivity index (χ2n) is 6.45. The van der Waals surface area contributed by atoms with Crippen molar-refractivity contribution in [3.8, 4) is 5.75 Å². The van der Waals surface area contributed by atoms with Crippen LogP contribution in [0.2, 0.25) is 0 Å². The van der Waals surface area contributed by atoms with E-state index in [2.05, 4.69) is 25.1 Å². The van der Waals surface area contributed by atoms with E-state index in [1.807, 2.05) is 11.0 Å². The largest absolute Gasteiger partial charge is 0.469 e. The van der Waals surface area contributed by atoms with Crippen LogP contribution in [0.5, 0.6) is 5.75 Å². The first kappa shape index (κ1) is 21.7. The molecule has 0 radical (unpaired) electrons. The van der Waals surface area contributed by atoms with Crippen molar-refractivity contribution < 1.29 is 23.0 Å². The standard InChI is InChI=1S/C19H28F2N4O3/c1-22-19(23-11-6-5-9-17(26)27-2)24-14-10-12-25(13-14)15-7-3-4-8-16(15)28-18(20)21/h3-4,7-8,14,18H,5-6,9-13H2,1-2H3,(H2,22,23,24). The smallest absolute Gasteiger partial charge is 0.387 e. The second-order valence-corrected chi connectivity index (χ2v) is 6.45. The molecule has 0 saturated carbocycles. The van der Waals surface area contributed by atoms with Gasteiger partial charge >= 0.3 is 12.6 Å². The number of nitrogens with one attached hydrogen (secondary N) is 2. The van der Waals surface area contributed by atoms with Crippen molar-refractivity contribution in [2.75, 3.05) is 38.7 Å². The zero-order valence-electron chi connectivity index (χ0n) is 16.3. The van der Waals surface area contributed by atoms with Crippen molar-refractivity contribution >= 4 is 17.6 Å². The molecule has 1 aliphatic rings. The molecule has 1 aliphatic heterocycles. The lowest BCUT2D eigenvalue weighted by Crippen LogP contribution is -2.44. The summed E-state index contributed by atoms with van der Waals surface area (Å²) in [4.78, 5) is 17.3. The first-order valence-corrected chi connectivity index (χ1v) is 9.36. The number of halogens is 2. The Kier molecular flexibility index (Phi) is 8.77. The number of unbranched alkanes of at least 4 members (excludes halogenated alkanes) is 1. The van der Waals surface area contributed by atoms with Crippen LogP contribution in [-0.4, -0.2) is 58.4 Å². The minimum Gasteiger partial charge on any atom is -0.469 e. The number of aliphatic imine (C=N–C) groups is 1. The molecule has 0 aromatic heterocycles. The van der Waals surface area contributed by atoms with E-state index in [0.717, 1.165) is 25.8 Å². The van der Waals surface area contributed by atoms with Crippen LogP contribution in [0, 0.1) is 0 Å². The highest BCUT2D eigenvalue weighted by molar-refractivity contribution is 5.80. The van der Waals surface area contributed by atoms with E-state index in [9.17, 15) is 13.6 Å². The number of hydrogen-bond acceptors (Lipinski definition) is 5. The van der Waals surface area contributed by atoms with Crippen molar-refractivity contribution in [1.82, 2.24) is 10.6 Å². The summed E-state index contributed by atoms with van der Waals surface area (Å²) in [6.45, 7) is -0.762. The quantitative estimate of drug-likeness (QED) is 0.288. The minimum atomic E-state index is -2.85. The summed E-state index contributed by atoms with van der Waals surface area (Å²) in [5, 5.41) is 6.58. The number of esters is 1. The molecule has 1 aromatic rings.